The summed E-state index contributed by atoms with van der Waals surface area (Å²) in [4.78, 5) is 0. The van der Waals surface area contributed by atoms with Crippen molar-refractivity contribution in [2.24, 2.45) is 7.05 Å². The third-order valence-electron chi connectivity index (χ3n) is 0.892. The minimum absolute atomic E-state index is 0.491. The Morgan fingerprint density at radius 1 is 1.88 bits per heavy atom. The summed E-state index contributed by atoms with van der Waals surface area (Å²) in [5.41, 5.74) is 5.85. The van der Waals surface area contributed by atoms with Gasteiger partial charge in [0.25, 0.3) is 0 Å². The third kappa shape index (κ3) is 0.648. The molecule has 0 aliphatic rings. The van der Waals surface area contributed by atoms with E-state index in [1.165, 1.54) is 10.9 Å². The van der Waals surface area contributed by atoms with Crippen LogP contribution in [-0.2, 0) is 7.05 Å². The van der Waals surface area contributed by atoms with Crippen molar-refractivity contribution in [2.75, 3.05) is 5.73 Å². The fourth-order valence-electron chi connectivity index (χ4n) is 0.440. The number of aryl methyl sites for hydroxylation is 1. The second-order valence-corrected chi connectivity index (χ2v) is 1.87. The molecule has 0 aliphatic heterocycles. The smallest absolute Gasteiger partial charge is 0.149 e. The number of nitrogen functional groups attached to an aromatic ring is 1. The Balaban J connectivity index is 3.19. The van der Waals surface area contributed by atoms with Crippen molar-refractivity contribution in [1.82, 2.24) is 9.78 Å². The van der Waals surface area contributed by atoms with Crippen molar-refractivity contribution in [3.63, 3.8) is 0 Å². The average Bonchev–Trinajstić information content (AvgIpc) is 1.98. The first kappa shape index (κ1) is 5.44. The summed E-state index contributed by atoms with van der Waals surface area (Å²) in [6, 6.07) is 0. The lowest BCUT2D eigenvalue weighted by Gasteiger charge is -1.87. The monoisotopic (exact) mass is 131 g/mol. The van der Waals surface area contributed by atoms with Gasteiger partial charge in [0, 0.05) is 7.05 Å². The Hall–Kier alpha value is -0.700. The lowest BCUT2D eigenvalue weighted by atomic mass is 10.6. The zero-order valence-corrected chi connectivity index (χ0v) is 5.18. The number of nitrogens with zero attached hydrogens (tertiary/aromatic N) is 2. The number of anilines is 1. The molecule has 1 aromatic heterocycles. The number of hydrogen-bond donors (Lipinski definition) is 1. The molecule has 1 heterocycles. The quantitative estimate of drug-likeness (QED) is 0.562. The van der Waals surface area contributed by atoms with E-state index < -0.39 is 0 Å². The van der Waals surface area contributed by atoms with Crippen molar-refractivity contribution in [1.29, 1.82) is 0 Å². The van der Waals surface area contributed by atoms with Gasteiger partial charge in [-0.15, -0.1) is 0 Å². The molecule has 1 aromatic rings. The van der Waals surface area contributed by atoms with Crippen LogP contribution in [0.2, 0.25) is 5.15 Å². The molecule has 0 atom stereocenters. The van der Waals surface area contributed by atoms with Gasteiger partial charge in [-0.25, -0.2) is 0 Å². The molecule has 0 spiro atoms. The molecule has 0 radical (unpaired) electrons. The number of aromatic nitrogens is 2. The SMILES string of the molecule is Cn1ncc(N)c1Cl. The highest BCUT2D eigenvalue weighted by atomic mass is 35.5. The Labute approximate surface area is 52.0 Å². The minimum atomic E-state index is 0.491. The van der Waals surface area contributed by atoms with E-state index >= 15 is 0 Å². The van der Waals surface area contributed by atoms with Crippen LogP contribution in [0, 0.1) is 0 Å². The van der Waals surface area contributed by atoms with Gasteiger partial charge in [0.05, 0.1) is 11.9 Å². The Kier molecular flexibility index (Phi) is 1.13. The lowest BCUT2D eigenvalue weighted by Crippen LogP contribution is -1.89. The highest BCUT2D eigenvalue weighted by Gasteiger charge is 1.97. The van der Waals surface area contributed by atoms with Crippen LogP contribution in [0.5, 0.6) is 0 Å². The fraction of sp³-hybridized carbons (Fsp3) is 0.250. The molecular formula is C4H6ClN3. The highest BCUT2D eigenvalue weighted by molar-refractivity contribution is 6.31. The van der Waals surface area contributed by atoms with E-state index in [0.717, 1.165) is 0 Å². The second-order valence-electron chi connectivity index (χ2n) is 1.51. The molecule has 0 saturated carbocycles. The van der Waals surface area contributed by atoms with Gasteiger partial charge >= 0.3 is 0 Å². The van der Waals surface area contributed by atoms with Crippen molar-refractivity contribution in [2.45, 2.75) is 0 Å². The molecule has 2 N–H and O–H groups in total. The predicted molar refractivity (Wildman–Crippen MR) is 32.6 cm³/mol. The van der Waals surface area contributed by atoms with Crippen molar-refractivity contribution >= 4 is 17.3 Å². The van der Waals surface area contributed by atoms with E-state index in [9.17, 15) is 0 Å². The van der Waals surface area contributed by atoms with E-state index in [-0.39, 0.29) is 0 Å². The Bertz CT molecular complexity index is 174. The van der Waals surface area contributed by atoms with E-state index in [0.29, 0.717) is 10.8 Å². The molecule has 44 valence electrons. The standard InChI is InChI=1S/C4H6ClN3/c1-8-4(5)3(6)2-7-8/h2H,6H2,1H3. The van der Waals surface area contributed by atoms with E-state index in [2.05, 4.69) is 5.10 Å². The van der Waals surface area contributed by atoms with Crippen molar-refractivity contribution in [3.8, 4) is 0 Å². The second kappa shape index (κ2) is 1.67. The van der Waals surface area contributed by atoms with Gasteiger partial charge in [-0.3, -0.25) is 4.68 Å². The van der Waals surface area contributed by atoms with Crippen molar-refractivity contribution in [3.05, 3.63) is 11.3 Å². The van der Waals surface area contributed by atoms with Crippen LogP contribution in [0.4, 0.5) is 5.69 Å². The molecule has 0 aromatic carbocycles. The molecular weight excluding hydrogens is 126 g/mol. The zero-order valence-electron chi connectivity index (χ0n) is 4.43. The summed E-state index contributed by atoms with van der Waals surface area (Å²) in [6.07, 6.45) is 1.52. The van der Waals surface area contributed by atoms with Crippen LogP contribution >= 0.6 is 11.6 Å². The molecule has 3 nitrogen and oxygen atoms in total. The summed E-state index contributed by atoms with van der Waals surface area (Å²) < 4.78 is 1.51. The first-order chi connectivity index (χ1) is 3.72. The molecule has 0 unspecified atom stereocenters. The molecule has 8 heavy (non-hydrogen) atoms. The van der Waals surface area contributed by atoms with Gasteiger partial charge < -0.3 is 5.73 Å². The largest absolute Gasteiger partial charge is 0.395 e. The van der Waals surface area contributed by atoms with E-state index in [1.807, 2.05) is 0 Å². The number of halogens is 1. The summed E-state index contributed by atoms with van der Waals surface area (Å²) in [5, 5.41) is 4.27. The zero-order chi connectivity index (χ0) is 6.15. The normalized spacial score (nSPS) is 9.75. The molecule has 0 amide bonds. The molecule has 0 aliphatic carbocycles. The van der Waals surface area contributed by atoms with E-state index in [4.69, 9.17) is 17.3 Å². The van der Waals surface area contributed by atoms with Crippen LogP contribution in [0.1, 0.15) is 0 Å². The van der Waals surface area contributed by atoms with Crippen LogP contribution in [0.15, 0.2) is 6.20 Å². The van der Waals surface area contributed by atoms with Crippen LogP contribution in [-0.4, -0.2) is 9.78 Å². The van der Waals surface area contributed by atoms with Crippen LogP contribution < -0.4 is 5.73 Å². The van der Waals surface area contributed by atoms with Crippen molar-refractivity contribution < 1.29 is 0 Å². The summed E-state index contributed by atoms with van der Waals surface area (Å²) in [7, 11) is 1.73. The van der Waals surface area contributed by atoms with Crippen LogP contribution in [0.3, 0.4) is 0 Å². The van der Waals surface area contributed by atoms with Gasteiger partial charge in [0.2, 0.25) is 0 Å². The minimum Gasteiger partial charge on any atom is -0.395 e. The van der Waals surface area contributed by atoms with Gasteiger partial charge in [-0.05, 0) is 0 Å². The predicted octanol–water partition coefficient (Wildman–Crippen LogP) is 0.656. The van der Waals surface area contributed by atoms with Crippen LogP contribution in [0.25, 0.3) is 0 Å². The number of nitrogens with two attached hydrogens (primary N) is 1. The highest BCUT2D eigenvalue weighted by Crippen LogP contribution is 2.14. The fourth-order valence-corrected chi connectivity index (χ4v) is 0.532. The van der Waals surface area contributed by atoms with E-state index in [1.54, 1.807) is 7.05 Å². The molecule has 4 heteroatoms. The maximum absolute atomic E-state index is 5.57. The number of rotatable bonds is 0. The summed E-state index contributed by atoms with van der Waals surface area (Å²) in [5.74, 6) is 0. The molecule has 0 saturated heterocycles. The molecule has 0 bridgehead atoms. The topological polar surface area (TPSA) is 43.8 Å². The van der Waals surface area contributed by atoms with Gasteiger partial charge in [-0.1, -0.05) is 11.6 Å². The average molecular weight is 132 g/mol. The maximum atomic E-state index is 5.57. The van der Waals surface area contributed by atoms with Gasteiger partial charge in [0.1, 0.15) is 5.15 Å². The maximum Gasteiger partial charge on any atom is 0.149 e. The third-order valence-corrected chi connectivity index (χ3v) is 1.36. The molecule has 1 rings (SSSR count). The number of hydrogen-bond acceptors (Lipinski definition) is 2. The Morgan fingerprint density at radius 2 is 2.50 bits per heavy atom. The lowest BCUT2D eigenvalue weighted by molar-refractivity contribution is 0.769. The summed E-state index contributed by atoms with van der Waals surface area (Å²) >= 11 is 5.57. The molecule has 0 fully saturated rings. The summed E-state index contributed by atoms with van der Waals surface area (Å²) in [6.45, 7) is 0. The van der Waals surface area contributed by atoms with Gasteiger partial charge in [-0.2, -0.15) is 5.10 Å². The first-order valence-corrected chi connectivity index (χ1v) is 2.52. The first-order valence-electron chi connectivity index (χ1n) is 2.15. The van der Waals surface area contributed by atoms with Gasteiger partial charge in [0.15, 0.2) is 0 Å². The Morgan fingerprint density at radius 3 is 2.62 bits per heavy atom.